The SMILES string of the molecule is O=C(CC1COCCOCCNCCOCCOCCN1CC(=O)NC(C(=O)[O-])C(=O)[O-])NC(C(=O)[O-])C(=O)[O-].[Li+].[Li+].[Li+].[Li+]. The normalized spacial score (nSPS) is 17.5. The minimum Gasteiger partial charge on any atom is -0.547 e. The van der Waals surface area contributed by atoms with Crippen molar-refractivity contribution in [1.82, 2.24) is 20.9 Å². The molecule has 0 saturated carbocycles. The number of ether oxygens (including phenoxy) is 4. The van der Waals surface area contributed by atoms with Gasteiger partial charge in [-0.05, 0) is 0 Å². The Morgan fingerprint density at radius 3 is 1.50 bits per heavy atom. The predicted molar refractivity (Wildman–Crippen MR) is 120 cm³/mol. The maximum atomic E-state index is 12.5. The molecule has 3 N–H and O–H groups in total. The summed E-state index contributed by atoms with van der Waals surface area (Å²) in [7, 11) is 0. The van der Waals surface area contributed by atoms with Crippen LogP contribution in [0.2, 0.25) is 0 Å². The van der Waals surface area contributed by atoms with Gasteiger partial charge in [0, 0.05) is 32.1 Å². The third kappa shape index (κ3) is 22.5. The topological polar surface area (TPSA) is 271 Å². The van der Waals surface area contributed by atoms with E-state index in [9.17, 15) is 49.2 Å². The monoisotopic (exact) mass is 604 g/mol. The summed E-state index contributed by atoms with van der Waals surface area (Å²) in [6.45, 7) is 1.41. The van der Waals surface area contributed by atoms with Crippen LogP contribution in [0.3, 0.4) is 0 Å². The van der Waals surface area contributed by atoms with Gasteiger partial charge in [-0.25, -0.2) is 0 Å². The van der Waals surface area contributed by atoms with Crippen molar-refractivity contribution in [3.05, 3.63) is 0 Å². The second kappa shape index (κ2) is 29.4. The Bertz CT molecular complexity index is 781. The van der Waals surface area contributed by atoms with Crippen molar-refractivity contribution < 1.29 is 144 Å². The van der Waals surface area contributed by atoms with E-state index < -0.39 is 66.8 Å². The number of hydrogen-bond acceptors (Lipinski definition) is 16. The molecule has 22 heteroatoms. The smallest absolute Gasteiger partial charge is 0.547 e. The Labute approximate surface area is 302 Å². The van der Waals surface area contributed by atoms with E-state index in [2.05, 4.69) is 5.32 Å². The van der Waals surface area contributed by atoms with Crippen LogP contribution in [-0.2, 0) is 47.7 Å². The largest absolute Gasteiger partial charge is 1.00 e. The van der Waals surface area contributed by atoms with Crippen molar-refractivity contribution in [2.75, 3.05) is 79.0 Å². The van der Waals surface area contributed by atoms with Crippen molar-refractivity contribution in [3.8, 4) is 0 Å². The van der Waals surface area contributed by atoms with Crippen molar-refractivity contribution in [3.63, 3.8) is 0 Å². The molecule has 1 fully saturated rings. The maximum absolute atomic E-state index is 12.5. The van der Waals surface area contributed by atoms with Crippen LogP contribution in [0.25, 0.3) is 0 Å². The summed E-state index contributed by atoms with van der Waals surface area (Å²) in [4.78, 5) is 70.4. The number of carbonyl (C=O) groups excluding carboxylic acids is 6. The number of rotatable bonds is 10. The fraction of sp³-hybridized carbons (Fsp3) is 0.727. The minimum atomic E-state index is -2.46. The quantitative estimate of drug-likeness (QED) is 0.154. The van der Waals surface area contributed by atoms with Crippen molar-refractivity contribution in [2.45, 2.75) is 24.5 Å². The van der Waals surface area contributed by atoms with E-state index in [-0.39, 0.29) is 122 Å². The summed E-state index contributed by atoms with van der Waals surface area (Å²) < 4.78 is 21.8. The maximum Gasteiger partial charge on any atom is 1.00 e. The van der Waals surface area contributed by atoms with Crippen LogP contribution < -0.4 is 112 Å². The molecular weight excluding hydrogens is 572 g/mol. The summed E-state index contributed by atoms with van der Waals surface area (Å²) in [5, 5.41) is 50.6. The number of aliphatic carboxylic acids is 4. The third-order valence-corrected chi connectivity index (χ3v) is 5.26. The van der Waals surface area contributed by atoms with Gasteiger partial charge in [0.15, 0.2) is 0 Å². The molecule has 0 aromatic carbocycles. The standard InChI is InChI=1S/C22H36N4O14.4Li/c27-15(24-17(19(29)30)20(31)32)11-14-13-40-10-9-38-5-2-23-1-4-37-7-8-39-6-3-26(14)12-16(28)25-18(21(33)34)22(35)36;;;;/h14,17-18,23H,1-13H2,(H,24,27)(H,25,28)(H,29,30)(H,31,32)(H,33,34)(H,35,36);;;;/q;4*+1/p-4. The number of carboxylic acid groups (broad SMARTS) is 4. The third-order valence-electron chi connectivity index (χ3n) is 5.26. The zero-order valence-electron chi connectivity index (χ0n) is 25.6. The van der Waals surface area contributed by atoms with Gasteiger partial charge < -0.3 is 74.5 Å². The van der Waals surface area contributed by atoms with E-state index in [0.717, 1.165) is 0 Å². The van der Waals surface area contributed by atoms with Gasteiger partial charge in [-0.2, -0.15) is 0 Å². The van der Waals surface area contributed by atoms with E-state index in [1.54, 1.807) is 10.6 Å². The molecule has 0 radical (unpaired) electrons. The van der Waals surface area contributed by atoms with Crippen molar-refractivity contribution >= 4 is 35.7 Å². The number of carbonyl (C=O) groups is 6. The summed E-state index contributed by atoms with van der Waals surface area (Å²) in [6, 6.07) is -5.96. The van der Waals surface area contributed by atoms with Gasteiger partial charge in [0.25, 0.3) is 0 Å². The number of amides is 2. The van der Waals surface area contributed by atoms with Gasteiger partial charge in [-0.1, -0.05) is 0 Å². The minimum absolute atomic E-state index is 0. The average molecular weight is 604 g/mol. The summed E-state index contributed by atoms with van der Waals surface area (Å²) in [6.07, 6.45) is -0.609. The zero-order valence-corrected chi connectivity index (χ0v) is 25.6. The second-order valence-corrected chi connectivity index (χ2v) is 8.27. The molecule has 0 aromatic heterocycles. The van der Waals surface area contributed by atoms with Crippen LogP contribution in [0.1, 0.15) is 6.42 Å². The Hall–Kier alpha value is -1.03. The van der Waals surface area contributed by atoms with Gasteiger partial charge in [0.2, 0.25) is 11.8 Å². The number of carboxylic acids is 4. The number of nitrogens with one attached hydrogen (secondary N) is 3. The van der Waals surface area contributed by atoms with Crippen LogP contribution in [0, 0.1) is 0 Å². The molecule has 1 heterocycles. The molecule has 1 saturated heterocycles. The van der Waals surface area contributed by atoms with E-state index in [1.165, 1.54) is 4.90 Å². The van der Waals surface area contributed by atoms with Crippen LogP contribution in [-0.4, -0.2) is 138 Å². The molecule has 1 aliphatic heterocycles. The van der Waals surface area contributed by atoms with Crippen LogP contribution in [0.15, 0.2) is 0 Å². The van der Waals surface area contributed by atoms with Crippen LogP contribution >= 0.6 is 0 Å². The number of nitrogens with zero attached hydrogens (tertiary/aromatic N) is 1. The predicted octanol–water partition coefficient (Wildman–Crippen LogP) is -21.3. The molecule has 228 valence electrons. The van der Waals surface area contributed by atoms with E-state index >= 15 is 0 Å². The molecule has 18 nitrogen and oxygen atoms in total. The fourth-order valence-corrected chi connectivity index (χ4v) is 3.29. The Morgan fingerprint density at radius 1 is 0.636 bits per heavy atom. The van der Waals surface area contributed by atoms with E-state index in [0.29, 0.717) is 26.3 Å². The first-order chi connectivity index (χ1) is 19.0. The molecule has 0 aromatic rings. The van der Waals surface area contributed by atoms with Gasteiger partial charge in [0.1, 0.15) is 12.1 Å². The zero-order chi connectivity index (χ0) is 29.9. The fourth-order valence-electron chi connectivity index (χ4n) is 3.29. The van der Waals surface area contributed by atoms with Gasteiger partial charge in [0.05, 0.1) is 83.3 Å². The summed E-state index contributed by atoms with van der Waals surface area (Å²) in [5.74, 6) is -10.7. The Kier molecular flexibility index (Phi) is 33.3. The molecule has 0 bridgehead atoms. The summed E-state index contributed by atoms with van der Waals surface area (Å²) in [5.41, 5.74) is 0. The molecule has 0 aliphatic carbocycles. The molecule has 1 unspecified atom stereocenters. The Morgan fingerprint density at radius 2 is 1.05 bits per heavy atom. The van der Waals surface area contributed by atoms with Gasteiger partial charge in [-0.3, -0.25) is 14.5 Å². The first kappa shape index (κ1) is 49.8. The van der Waals surface area contributed by atoms with Crippen molar-refractivity contribution in [2.24, 2.45) is 0 Å². The molecular formula is C22H32Li4N4O14. The summed E-state index contributed by atoms with van der Waals surface area (Å²) >= 11 is 0. The first-order valence-corrected chi connectivity index (χ1v) is 12.2. The molecule has 1 atom stereocenters. The second-order valence-electron chi connectivity index (χ2n) is 8.27. The molecule has 44 heavy (non-hydrogen) atoms. The molecule has 1 rings (SSSR count). The van der Waals surface area contributed by atoms with Crippen molar-refractivity contribution in [1.29, 1.82) is 0 Å². The molecule has 2 amide bonds. The van der Waals surface area contributed by atoms with E-state index in [4.69, 9.17) is 18.9 Å². The molecule has 1 aliphatic rings. The van der Waals surface area contributed by atoms with Gasteiger partial charge in [-0.15, -0.1) is 0 Å². The Balaban J connectivity index is -0.00000200. The molecule has 0 spiro atoms. The average Bonchev–Trinajstić information content (AvgIpc) is 2.87. The first-order valence-electron chi connectivity index (χ1n) is 12.2. The number of hydrogen-bond donors (Lipinski definition) is 3. The van der Waals surface area contributed by atoms with Crippen LogP contribution in [0.5, 0.6) is 0 Å². The van der Waals surface area contributed by atoms with Gasteiger partial charge >= 0.3 is 75.4 Å². The van der Waals surface area contributed by atoms with E-state index in [1.807, 2.05) is 0 Å². The van der Waals surface area contributed by atoms with Crippen LogP contribution in [0.4, 0.5) is 0 Å².